The van der Waals surface area contributed by atoms with E-state index in [1.54, 1.807) is 18.2 Å². The van der Waals surface area contributed by atoms with Crippen LogP contribution in [0.2, 0.25) is 0 Å². The number of hydrogen-bond acceptors (Lipinski definition) is 3. The fourth-order valence-electron chi connectivity index (χ4n) is 4.05. The molecule has 0 bridgehead atoms. The average Bonchev–Trinajstić information content (AvgIpc) is 3.16. The summed E-state index contributed by atoms with van der Waals surface area (Å²) in [7, 11) is 0. The lowest BCUT2D eigenvalue weighted by atomic mass is 10.1. The number of hydrogen-bond donors (Lipinski definition) is 1. The number of rotatable bonds is 5. The minimum Gasteiger partial charge on any atom is -0.341 e. The summed E-state index contributed by atoms with van der Waals surface area (Å²) in [5.41, 5.74) is 3.38. The predicted molar refractivity (Wildman–Crippen MR) is 126 cm³/mol. The van der Waals surface area contributed by atoms with E-state index in [-0.39, 0.29) is 18.0 Å². The van der Waals surface area contributed by atoms with E-state index in [9.17, 15) is 14.9 Å². The zero-order chi connectivity index (χ0) is 22.5. The molecule has 162 valence electrons. The third kappa shape index (κ3) is 4.73. The van der Waals surface area contributed by atoms with Crippen LogP contribution in [0.3, 0.4) is 0 Å². The Labute approximate surface area is 187 Å². The second kappa shape index (κ2) is 9.52. The second-order valence-electron chi connectivity index (χ2n) is 8.16. The largest absolute Gasteiger partial charge is 0.341 e. The molecule has 32 heavy (non-hydrogen) atoms. The standard InChI is InChI=1S/C26H26N4O2/c1-19-9-11-22(12-10-19)28-26(32)20(16-27)15-21-17-30(24-8-4-3-7-23(21)24)18-25(31)29-13-5-2-6-14-29/h3-4,7-12,15,17H,2,5-6,13-14,18H2,1H3,(H,28,32)/b20-15+. The van der Waals surface area contributed by atoms with E-state index >= 15 is 0 Å². The molecule has 1 fully saturated rings. The summed E-state index contributed by atoms with van der Waals surface area (Å²) in [6.45, 7) is 3.83. The van der Waals surface area contributed by atoms with Crippen LogP contribution in [0.1, 0.15) is 30.4 Å². The monoisotopic (exact) mass is 426 g/mol. The number of nitrogens with one attached hydrogen (secondary N) is 1. The molecule has 1 saturated heterocycles. The van der Waals surface area contributed by atoms with E-state index < -0.39 is 5.91 Å². The first kappa shape index (κ1) is 21.4. The highest BCUT2D eigenvalue weighted by Crippen LogP contribution is 2.24. The van der Waals surface area contributed by atoms with Gasteiger partial charge in [-0.1, -0.05) is 35.9 Å². The summed E-state index contributed by atoms with van der Waals surface area (Å²) >= 11 is 0. The maximum atomic E-state index is 12.8. The summed E-state index contributed by atoms with van der Waals surface area (Å²) in [6.07, 6.45) is 6.71. The Balaban J connectivity index is 1.60. The SMILES string of the molecule is Cc1ccc(NC(=O)/C(C#N)=C/c2cn(CC(=O)N3CCCCC3)c3ccccc23)cc1. The molecule has 0 aliphatic carbocycles. The maximum Gasteiger partial charge on any atom is 0.266 e. The van der Waals surface area contributed by atoms with Crippen molar-refractivity contribution in [3.8, 4) is 6.07 Å². The van der Waals surface area contributed by atoms with Crippen LogP contribution in [-0.2, 0) is 16.1 Å². The van der Waals surface area contributed by atoms with Crippen LogP contribution in [0.25, 0.3) is 17.0 Å². The van der Waals surface area contributed by atoms with Gasteiger partial charge in [0.15, 0.2) is 0 Å². The Hall–Kier alpha value is -3.85. The van der Waals surface area contributed by atoms with Crippen LogP contribution in [0, 0.1) is 18.3 Å². The number of carbonyl (C=O) groups is 2. The Morgan fingerprint density at radius 2 is 1.78 bits per heavy atom. The van der Waals surface area contributed by atoms with E-state index in [4.69, 9.17) is 0 Å². The number of nitrogens with zero attached hydrogens (tertiary/aromatic N) is 3. The number of aryl methyl sites for hydroxylation is 1. The van der Waals surface area contributed by atoms with E-state index in [1.807, 2.05) is 65.1 Å². The number of anilines is 1. The number of likely N-dealkylation sites (tertiary alicyclic amines) is 1. The van der Waals surface area contributed by atoms with Crippen molar-refractivity contribution in [2.24, 2.45) is 0 Å². The summed E-state index contributed by atoms with van der Waals surface area (Å²) in [5, 5.41) is 13.3. The normalized spacial score (nSPS) is 14.2. The summed E-state index contributed by atoms with van der Waals surface area (Å²) < 4.78 is 1.91. The van der Waals surface area contributed by atoms with Crippen molar-refractivity contribution in [3.63, 3.8) is 0 Å². The molecule has 1 aromatic heterocycles. The number of nitriles is 1. The van der Waals surface area contributed by atoms with Gasteiger partial charge in [0.2, 0.25) is 5.91 Å². The number of aromatic nitrogens is 1. The van der Waals surface area contributed by atoms with Gasteiger partial charge in [0.25, 0.3) is 5.91 Å². The molecule has 2 aromatic carbocycles. The molecule has 6 heteroatoms. The molecule has 6 nitrogen and oxygen atoms in total. The number of amides is 2. The molecule has 0 unspecified atom stereocenters. The molecule has 1 aliphatic heterocycles. The number of fused-ring (bicyclic) bond motifs is 1. The van der Waals surface area contributed by atoms with Gasteiger partial charge in [0.05, 0.1) is 0 Å². The van der Waals surface area contributed by atoms with Gasteiger partial charge in [-0.2, -0.15) is 5.26 Å². The van der Waals surface area contributed by atoms with E-state index in [0.717, 1.165) is 48.0 Å². The molecule has 2 heterocycles. The van der Waals surface area contributed by atoms with Gasteiger partial charge >= 0.3 is 0 Å². The van der Waals surface area contributed by atoms with Crippen LogP contribution in [0.4, 0.5) is 5.69 Å². The third-order valence-electron chi connectivity index (χ3n) is 5.81. The second-order valence-corrected chi connectivity index (χ2v) is 8.16. The number of piperidine rings is 1. The fraction of sp³-hybridized carbons (Fsp3) is 0.269. The predicted octanol–water partition coefficient (Wildman–Crippen LogP) is 4.51. The van der Waals surface area contributed by atoms with E-state index in [1.165, 1.54) is 6.42 Å². The third-order valence-corrected chi connectivity index (χ3v) is 5.81. The Morgan fingerprint density at radius 1 is 1.06 bits per heavy atom. The van der Waals surface area contributed by atoms with E-state index in [0.29, 0.717) is 5.69 Å². The smallest absolute Gasteiger partial charge is 0.266 e. The average molecular weight is 427 g/mol. The molecule has 0 atom stereocenters. The number of benzene rings is 2. The molecule has 0 spiro atoms. The Kier molecular flexibility index (Phi) is 6.37. The molecule has 0 saturated carbocycles. The first-order valence-corrected chi connectivity index (χ1v) is 10.9. The van der Waals surface area contributed by atoms with Crippen LogP contribution in [0.15, 0.2) is 60.3 Å². The fourth-order valence-corrected chi connectivity index (χ4v) is 4.05. The topological polar surface area (TPSA) is 78.1 Å². The molecule has 0 radical (unpaired) electrons. The van der Waals surface area contributed by atoms with Gasteiger partial charge in [0, 0.05) is 41.4 Å². The van der Waals surface area contributed by atoms with Crippen molar-refractivity contribution in [3.05, 3.63) is 71.4 Å². The minimum absolute atomic E-state index is 0.0100. The van der Waals surface area contributed by atoms with Gasteiger partial charge in [-0.15, -0.1) is 0 Å². The van der Waals surface area contributed by atoms with Gasteiger partial charge in [-0.3, -0.25) is 9.59 Å². The molecule has 1 N–H and O–H groups in total. The minimum atomic E-state index is -0.461. The highest BCUT2D eigenvalue weighted by Gasteiger charge is 2.19. The number of carbonyl (C=O) groups excluding carboxylic acids is 2. The molecular formula is C26H26N4O2. The lowest BCUT2D eigenvalue weighted by Crippen LogP contribution is -2.37. The van der Waals surface area contributed by atoms with Crippen LogP contribution < -0.4 is 5.32 Å². The zero-order valence-electron chi connectivity index (χ0n) is 18.2. The maximum absolute atomic E-state index is 12.8. The van der Waals surface area contributed by atoms with Crippen LogP contribution in [0.5, 0.6) is 0 Å². The van der Waals surface area contributed by atoms with E-state index in [2.05, 4.69) is 5.32 Å². The first-order chi connectivity index (χ1) is 15.5. The lowest BCUT2D eigenvalue weighted by Gasteiger charge is -2.27. The van der Waals surface area contributed by atoms with Crippen molar-refractivity contribution in [1.29, 1.82) is 5.26 Å². The number of para-hydroxylation sites is 1. The first-order valence-electron chi connectivity index (χ1n) is 10.9. The highest BCUT2D eigenvalue weighted by molar-refractivity contribution is 6.10. The van der Waals surface area contributed by atoms with Crippen LogP contribution in [-0.4, -0.2) is 34.4 Å². The quantitative estimate of drug-likeness (QED) is 0.482. The van der Waals surface area contributed by atoms with Gasteiger partial charge in [-0.25, -0.2) is 0 Å². The van der Waals surface area contributed by atoms with Crippen LogP contribution >= 0.6 is 0 Å². The highest BCUT2D eigenvalue weighted by atomic mass is 16.2. The van der Waals surface area contributed by atoms with Crippen molar-refractivity contribution >= 4 is 34.5 Å². The summed E-state index contributed by atoms with van der Waals surface area (Å²) in [4.78, 5) is 27.4. The zero-order valence-corrected chi connectivity index (χ0v) is 18.2. The molecule has 1 aliphatic rings. The van der Waals surface area contributed by atoms with Crippen molar-refractivity contribution in [2.75, 3.05) is 18.4 Å². The Bertz CT molecular complexity index is 1210. The van der Waals surface area contributed by atoms with Crippen molar-refractivity contribution in [1.82, 2.24) is 9.47 Å². The molecule has 2 amide bonds. The summed E-state index contributed by atoms with van der Waals surface area (Å²) in [6, 6.07) is 17.2. The molecular weight excluding hydrogens is 400 g/mol. The summed E-state index contributed by atoms with van der Waals surface area (Å²) in [5.74, 6) is -0.365. The van der Waals surface area contributed by atoms with Gasteiger partial charge < -0.3 is 14.8 Å². The van der Waals surface area contributed by atoms with Gasteiger partial charge in [-0.05, 0) is 50.5 Å². The van der Waals surface area contributed by atoms with Crippen molar-refractivity contribution in [2.45, 2.75) is 32.7 Å². The lowest BCUT2D eigenvalue weighted by molar-refractivity contribution is -0.132. The molecule has 4 rings (SSSR count). The van der Waals surface area contributed by atoms with Gasteiger partial charge in [0.1, 0.15) is 18.2 Å². The Morgan fingerprint density at radius 3 is 2.50 bits per heavy atom. The van der Waals surface area contributed by atoms with Crippen molar-refractivity contribution < 1.29 is 9.59 Å². The molecule has 3 aromatic rings.